The maximum absolute atomic E-state index is 12.9. The summed E-state index contributed by atoms with van der Waals surface area (Å²) >= 11 is 0. The predicted molar refractivity (Wildman–Crippen MR) is 97.7 cm³/mol. The highest BCUT2D eigenvalue weighted by molar-refractivity contribution is 7.92. The largest absolute Gasteiger partial charge is 0.495 e. The lowest BCUT2D eigenvalue weighted by Gasteiger charge is -2.14. The number of hydrogen-bond acceptors (Lipinski definition) is 6. The normalized spacial score (nSPS) is 11.4. The van der Waals surface area contributed by atoms with Crippen LogP contribution in [0.2, 0.25) is 0 Å². The lowest BCUT2D eigenvalue weighted by atomic mass is 10.1. The molecule has 0 aliphatic rings. The molecule has 136 valence electrons. The van der Waals surface area contributed by atoms with Crippen LogP contribution >= 0.6 is 0 Å². The minimum absolute atomic E-state index is 0.0853. The summed E-state index contributed by atoms with van der Waals surface area (Å²) in [6, 6.07) is 10.1. The number of rotatable bonds is 5. The van der Waals surface area contributed by atoms with Gasteiger partial charge < -0.3 is 9.26 Å². The van der Waals surface area contributed by atoms with Crippen molar-refractivity contribution in [2.75, 3.05) is 11.8 Å². The van der Waals surface area contributed by atoms with Gasteiger partial charge in [0.05, 0.1) is 7.11 Å². The van der Waals surface area contributed by atoms with Crippen molar-refractivity contribution in [2.45, 2.75) is 25.7 Å². The van der Waals surface area contributed by atoms with Gasteiger partial charge in [0, 0.05) is 11.3 Å². The van der Waals surface area contributed by atoms with Gasteiger partial charge >= 0.3 is 0 Å². The van der Waals surface area contributed by atoms with E-state index in [1.807, 2.05) is 13.8 Å². The molecule has 0 saturated carbocycles. The number of sulfonamides is 1. The van der Waals surface area contributed by atoms with Crippen LogP contribution in [0.4, 0.5) is 5.69 Å². The molecule has 0 aliphatic carbocycles. The van der Waals surface area contributed by atoms with Crippen molar-refractivity contribution in [1.29, 1.82) is 0 Å². The number of aromatic nitrogens is 2. The number of aryl methyl sites for hydroxylation is 3. The second kappa shape index (κ2) is 6.80. The van der Waals surface area contributed by atoms with Gasteiger partial charge in [-0.1, -0.05) is 11.2 Å². The Bertz CT molecular complexity index is 1060. The number of nitrogens with one attached hydrogen (secondary N) is 1. The standard InChI is InChI=1S/C18H19N3O4S/c1-11-8-16(24-4)17(9-12(11)2)26(22,23)21-15-7-5-6-14(10-15)18-19-13(3)20-25-18/h5-10,21H,1-4H3. The Labute approximate surface area is 152 Å². The van der Waals surface area contributed by atoms with Crippen molar-refractivity contribution in [3.8, 4) is 17.2 Å². The quantitative estimate of drug-likeness (QED) is 0.736. The van der Waals surface area contributed by atoms with Gasteiger partial charge in [0.25, 0.3) is 15.9 Å². The lowest BCUT2D eigenvalue weighted by molar-refractivity contribution is 0.402. The van der Waals surface area contributed by atoms with E-state index in [1.54, 1.807) is 43.3 Å². The Morgan fingerprint density at radius 1 is 1.08 bits per heavy atom. The van der Waals surface area contributed by atoms with Gasteiger partial charge in [-0.2, -0.15) is 4.98 Å². The van der Waals surface area contributed by atoms with Crippen molar-refractivity contribution in [3.63, 3.8) is 0 Å². The van der Waals surface area contributed by atoms with Crippen molar-refractivity contribution < 1.29 is 17.7 Å². The smallest absolute Gasteiger partial charge is 0.265 e. The first kappa shape index (κ1) is 17.9. The molecular weight excluding hydrogens is 354 g/mol. The van der Waals surface area contributed by atoms with E-state index in [4.69, 9.17) is 9.26 Å². The molecule has 3 aromatic rings. The molecule has 0 aliphatic heterocycles. The molecule has 0 amide bonds. The highest BCUT2D eigenvalue weighted by atomic mass is 32.2. The average molecular weight is 373 g/mol. The van der Waals surface area contributed by atoms with E-state index < -0.39 is 10.0 Å². The molecule has 0 unspecified atom stereocenters. The van der Waals surface area contributed by atoms with E-state index in [-0.39, 0.29) is 4.90 Å². The average Bonchev–Trinajstić information content (AvgIpc) is 3.03. The van der Waals surface area contributed by atoms with Crippen LogP contribution < -0.4 is 9.46 Å². The fourth-order valence-electron chi connectivity index (χ4n) is 2.47. The first-order valence-corrected chi connectivity index (χ1v) is 9.37. The van der Waals surface area contributed by atoms with Gasteiger partial charge in [-0.3, -0.25) is 4.72 Å². The van der Waals surface area contributed by atoms with Crippen LogP contribution in [-0.4, -0.2) is 25.7 Å². The molecule has 1 aromatic heterocycles. The Kier molecular flexibility index (Phi) is 4.69. The summed E-state index contributed by atoms with van der Waals surface area (Å²) in [4.78, 5) is 4.24. The van der Waals surface area contributed by atoms with E-state index in [0.29, 0.717) is 28.7 Å². The van der Waals surface area contributed by atoms with E-state index in [0.717, 1.165) is 11.1 Å². The molecule has 1 N–H and O–H groups in total. The molecule has 0 fully saturated rings. The van der Waals surface area contributed by atoms with Gasteiger partial charge in [-0.25, -0.2) is 8.42 Å². The minimum atomic E-state index is -3.83. The highest BCUT2D eigenvalue weighted by Crippen LogP contribution is 2.30. The van der Waals surface area contributed by atoms with E-state index in [2.05, 4.69) is 14.9 Å². The van der Waals surface area contributed by atoms with Gasteiger partial charge in [0.15, 0.2) is 5.82 Å². The van der Waals surface area contributed by atoms with Gasteiger partial charge in [-0.15, -0.1) is 0 Å². The summed E-state index contributed by atoms with van der Waals surface area (Å²) < 4.78 is 38.7. The van der Waals surface area contributed by atoms with Crippen molar-refractivity contribution in [3.05, 3.63) is 53.3 Å². The summed E-state index contributed by atoms with van der Waals surface area (Å²) in [5, 5.41) is 3.74. The van der Waals surface area contributed by atoms with Crippen LogP contribution in [0, 0.1) is 20.8 Å². The van der Waals surface area contributed by atoms with Gasteiger partial charge in [0.2, 0.25) is 0 Å². The number of nitrogens with zero attached hydrogens (tertiary/aromatic N) is 2. The van der Waals surface area contributed by atoms with E-state index >= 15 is 0 Å². The molecular formula is C18H19N3O4S. The number of anilines is 1. The summed E-state index contributed by atoms with van der Waals surface area (Å²) in [7, 11) is -2.38. The molecule has 1 heterocycles. The summed E-state index contributed by atoms with van der Waals surface area (Å²) in [5.41, 5.74) is 2.83. The van der Waals surface area contributed by atoms with Crippen LogP contribution in [-0.2, 0) is 10.0 Å². The summed E-state index contributed by atoms with van der Waals surface area (Å²) in [5.74, 6) is 1.13. The first-order valence-electron chi connectivity index (χ1n) is 7.89. The number of ether oxygens (including phenoxy) is 1. The van der Waals surface area contributed by atoms with E-state index in [1.165, 1.54) is 7.11 Å². The molecule has 0 saturated heterocycles. The molecule has 8 heteroatoms. The topological polar surface area (TPSA) is 94.3 Å². The molecule has 0 bridgehead atoms. The summed E-state index contributed by atoms with van der Waals surface area (Å²) in [6.07, 6.45) is 0. The molecule has 7 nitrogen and oxygen atoms in total. The maximum Gasteiger partial charge on any atom is 0.265 e. The van der Waals surface area contributed by atoms with Crippen LogP contribution in [0.5, 0.6) is 5.75 Å². The summed E-state index contributed by atoms with van der Waals surface area (Å²) in [6.45, 7) is 5.47. The third-order valence-corrected chi connectivity index (χ3v) is 5.36. The molecule has 3 rings (SSSR count). The van der Waals surface area contributed by atoms with Crippen LogP contribution in [0.3, 0.4) is 0 Å². The maximum atomic E-state index is 12.9. The number of methoxy groups -OCH3 is 1. The van der Waals surface area contributed by atoms with Gasteiger partial charge in [0.1, 0.15) is 10.6 Å². The van der Waals surface area contributed by atoms with Crippen LogP contribution in [0.25, 0.3) is 11.5 Å². The Balaban J connectivity index is 1.97. The molecule has 26 heavy (non-hydrogen) atoms. The Morgan fingerprint density at radius 2 is 1.81 bits per heavy atom. The Hall–Kier alpha value is -2.87. The highest BCUT2D eigenvalue weighted by Gasteiger charge is 2.21. The second-order valence-corrected chi connectivity index (χ2v) is 7.57. The van der Waals surface area contributed by atoms with Crippen molar-refractivity contribution in [1.82, 2.24) is 10.1 Å². The monoisotopic (exact) mass is 373 g/mol. The number of hydrogen-bond donors (Lipinski definition) is 1. The van der Waals surface area contributed by atoms with Crippen molar-refractivity contribution >= 4 is 15.7 Å². The second-order valence-electron chi connectivity index (χ2n) is 5.92. The fourth-order valence-corrected chi connectivity index (χ4v) is 3.76. The fraction of sp³-hybridized carbons (Fsp3) is 0.222. The van der Waals surface area contributed by atoms with Crippen LogP contribution in [0.1, 0.15) is 17.0 Å². The first-order chi connectivity index (χ1) is 12.3. The third-order valence-electron chi connectivity index (χ3n) is 3.96. The minimum Gasteiger partial charge on any atom is -0.495 e. The van der Waals surface area contributed by atoms with Crippen molar-refractivity contribution in [2.24, 2.45) is 0 Å². The Morgan fingerprint density at radius 3 is 2.46 bits per heavy atom. The predicted octanol–water partition coefficient (Wildman–Crippen LogP) is 3.47. The van der Waals surface area contributed by atoms with Gasteiger partial charge in [-0.05, 0) is 62.2 Å². The van der Waals surface area contributed by atoms with Crippen LogP contribution in [0.15, 0.2) is 45.8 Å². The third kappa shape index (κ3) is 3.55. The zero-order valence-electron chi connectivity index (χ0n) is 14.9. The van der Waals surface area contributed by atoms with E-state index in [9.17, 15) is 8.42 Å². The SMILES string of the molecule is COc1cc(C)c(C)cc1S(=O)(=O)Nc1cccc(-c2nc(C)no2)c1. The molecule has 0 spiro atoms. The zero-order chi connectivity index (χ0) is 18.9. The molecule has 0 radical (unpaired) electrons. The molecule has 0 atom stereocenters. The molecule has 2 aromatic carbocycles. The number of benzene rings is 2. The lowest BCUT2D eigenvalue weighted by Crippen LogP contribution is -2.14. The zero-order valence-corrected chi connectivity index (χ0v) is 15.7.